The molecule has 0 aliphatic carbocycles. The first kappa shape index (κ1) is 679. The van der Waals surface area contributed by atoms with Crippen LogP contribution >= 0.6 is 0 Å². The molecule has 0 aliphatic rings. The summed E-state index contributed by atoms with van der Waals surface area (Å²) in [6, 6.07) is 0. The van der Waals surface area contributed by atoms with E-state index >= 15 is 0 Å². The van der Waals surface area contributed by atoms with E-state index in [-0.39, 0.29) is 2740 Å². The zero-order valence-corrected chi connectivity index (χ0v) is 410. The fraction of sp³-hybridized carbons (Fsp3) is 0. The maximum absolute atomic E-state index is 0. The van der Waals surface area contributed by atoms with Gasteiger partial charge in [0.25, 0.3) is 0 Å². The largest absolute Gasteiger partial charge is 0 e. The Kier molecular flexibility index (Phi) is 5160. The molecule has 0 nitrogen and oxygen atoms in total. The van der Waals surface area contributed by atoms with Gasteiger partial charge in [-0.15, -0.1) is 0 Å². The van der Waals surface area contributed by atoms with Gasteiger partial charge in [0.2, 0.25) is 0 Å². The molecule has 0 atom stereocenters. The monoisotopic (exact) mass is 20900 g/mol. The zero-order chi connectivity index (χ0) is 0. The van der Waals surface area contributed by atoms with Gasteiger partial charge in [0.05, 0.1) is 0 Å². The molecule has 0 saturated heterocycles. The molecule has 0 heterocycles. The van der Waals surface area contributed by atoms with Gasteiger partial charge >= 0.3 is 0 Å². The van der Waals surface area contributed by atoms with Crippen molar-refractivity contribution >= 4 is 0 Å². The smallest absolute Gasteiger partial charge is 0 e. The summed E-state index contributed by atoms with van der Waals surface area (Å²) >= 11 is 0. The molecule has 0 saturated carbocycles. The van der Waals surface area contributed by atoms with Crippen molar-refractivity contribution in [1.82, 2.24) is 0 Å². The molecule has 0 amide bonds. The predicted octanol–water partition coefficient (Wildman–Crippen LogP) is 0. The molecular weight excluding hydrogens is 20900 g/mol. The van der Waals surface area contributed by atoms with Crippen LogP contribution in [0, 0.1) is 2740 Å². The van der Waals surface area contributed by atoms with Crippen molar-refractivity contribution in [3.8, 4) is 0 Å². The van der Waals surface area contributed by atoms with Gasteiger partial charge in [0, 0.05) is 2740 Å². The molecule has 0 aromatic heterocycles. The topological polar surface area (TPSA) is 0 Å². The molecule has 0 rings (SSSR count). The van der Waals surface area contributed by atoms with E-state index in [0.717, 1.165) is 0 Å². The van der Waals surface area contributed by atoms with Gasteiger partial charge < -0.3 is 0 Å². The molecular formula is U88. The quantitative estimate of drug-likeness (QED) is 0.321. The Bertz CT molecular complexity index is 0. The van der Waals surface area contributed by atoms with E-state index in [1.54, 1.807) is 0 Å². The van der Waals surface area contributed by atoms with Crippen LogP contribution in [0.25, 0.3) is 0 Å². The van der Waals surface area contributed by atoms with Crippen molar-refractivity contribution in [3.63, 3.8) is 0 Å². The summed E-state index contributed by atoms with van der Waals surface area (Å²) in [5, 5.41) is 0. The third kappa shape index (κ3) is 657. The van der Waals surface area contributed by atoms with Gasteiger partial charge in [0.1, 0.15) is 0 Å². The molecule has 0 aromatic rings. The molecule has 0 N–H and O–H groups in total. The van der Waals surface area contributed by atoms with Crippen molar-refractivity contribution < 1.29 is 2740 Å². The van der Waals surface area contributed by atoms with Crippen molar-refractivity contribution in [1.29, 1.82) is 0 Å². The van der Waals surface area contributed by atoms with Crippen molar-refractivity contribution in [2.75, 3.05) is 0 Å². The summed E-state index contributed by atoms with van der Waals surface area (Å²) in [5.41, 5.74) is 0. The fourth-order valence-electron chi connectivity index (χ4n) is 0. The third-order valence-corrected chi connectivity index (χ3v) is 0. The average Bonchev–Trinajstić information content (AvgIpc) is 0. The van der Waals surface area contributed by atoms with Crippen LogP contribution in [-0.2, 0) is 0 Å². The number of hydrogen-bond donors (Lipinski definition) is 0. The van der Waals surface area contributed by atoms with E-state index in [1.165, 1.54) is 0 Å². The number of hydrogen-bond acceptors (Lipinski definition) is 0. The molecule has 0 fully saturated rings. The molecule has 0 spiro atoms. The third-order valence-electron chi connectivity index (χ3n) is 0. The Morgan fingerprint density at radius 3 is 0.0114 bits per heavy atom. The zero-order valence-electron chi connectivity index (χ0n) is 44.0. The second-order valence-electron chi connectivity index (χ2n) is 0. The van der Waals surface area contributed by atoms with Gasteiger partial charge in [-0.25, -0.2) is 0 Å². The minimum atomic E-state index is 0. The second kappa shape index (κ2) is 668. The van der Waals surface area contributed by atoms with E-state index in [2.05, 4.69) is 0 Å². The molecule has 0 bridgehead atoms. The normalized spacial score (nSPS) is 0. The molecule has 0 aliphatic heterocycles. The van der Waals surface area contributed by atoms with E-state index in [9.17, 15) is 0 Å². The molecule has 352 valence electrons. The van der Waals surface area contributed by atoms with Crippen LogP contribution in [0.3, 0.4) is 0 Å². The van der Waals surface area contributed by atoms with Crippen LogP contribution in [0.15, 0.2) is 0 Å². The first-order valence-electron chi connectivity index (χ1n) is 0. The minimum absolute atomic E-state index is 0. The second-order valence-corrected chi connectivity index (χ2v) is 0. The van der Waals surface area contributed by atoms with Crippen LogP contribution < -0.4 is 0 Å². The van der Waals surface area contributed by atoms with Crippen molar-refractivity contribution in [3.05, 3.63) is 0 Å². The summed E-state index contributed by atoms with van der Waals surface area (Å²) < 4.78 is 0. The Hall–Kier alpha value is 92.6. The Morgan fingerprint density at radius 2 is 0.0114 bits per heavy atom. The molecule has 88 heavy (non-hydrogen) atoms. The van der Waals surface area contributed by atoms with Crippen molar-refractivity contribution in [2.24, 2.45) is 0 Å². The van der Waals surface area contributed by atoms with Crippen LogP contribution in [0.5, 0.6) is 0 Å². The SMILES string of the molecule is [U].[U].[U].[U].[U].[U].[U].[U].[U].[U].[U].[U].[U].[U].[U].[U].[U].[U].[U].[U].[U].[U].[U].[U].[U].[U].[U].[U].[U].[U].[U].[U].[U].[U].[U].[U].[U].[U].[U].[U].[U].[U].[U].[U].[U].[U].[U].[U].[U].[U].[U].[U].[U].[U].[U].[U].[U].[U].[U].[U].[U].[U].[U].[U].[U].[U].[U].[U].[U].[U].[U].[U].[U].[U].[U].[U].[U].[U].[U].[U].[U].[U].[U].[U].[U].[U].[U].[U]. The van der Waals surface area contributed by atoms with E-state index in [1.807, 2.05) is 0 Å². The Labute approximate surface area is 2630 Å². The van der Waals surface area contributed by atoms with E-state index in [0.29, 0.717) is 0 Å². The van der Waals surface area contributed by atoms with Gasteiger partial charge in [-0.3, -0.25) is 0 Å². The molecule has 0 radical (unpaired) electrons. The van der Waals surface area contributed by atoms with E-state index in [4.69, 9.17) is 0 Å². The summed E-state index contributed by atoms with van der Waals surface area (Å²) in [6.07, 6.45) is 0. The minimum Gasteiger partial charge on any atom is 0 e. The van der Waals surface area contributed by atoms with Crippen molar-refractivity contribution in [2.45, 2.75) is 0 Å². The van der Waals surface area contributed by atoms with Crippen LogP contribution in [0.2, 0.25) is 0 Å². The number of rotatable bonds is 0. The van der Waals surface area contributed by atoms with Crippen LogP contribution in [0.1, 0.15) is 0 Å². The standard InChI is InChI=1S/88U. The van der Waals surface area contributed by atoms with Gasteiger partial charge in [-0.05, 0) is 0 Å². The van der Waals surface area contributed by atoms with Crippen LogP contribution in [-0.4, -0.2) is 0 Å². The summed E-state index contributed by atoms with van der Waals surface area (Å²) in [7, 11) is 0. The first-order chi connectivity index (χ1) is 0. The van der Waals surface area contributed by atoms with Crippen LogP contribution in [0.4, 0.5) is 0 Å². The van der Waals surface area contributed by atoms with E-state index < -0.39 is 0 Å². The fourth-order valence-corrected chi connectivity index (χ4v) is 0. The Balaban J connectivity index is 0. The Morgan fingerprint density at radius 1 is 0.0114 bits per heavy atom. The molecule has 88 heteroatoms. The molecule has 0 aromatic carbocycles. The summed E-state index contributed by atoms with van der Waals surface area (Å²) in [4.78, 5) is 0. The average molecular weight is 20900 g/mol. The first-order valence-corrected chi connectivity index (χ1v) is 0. The predicted molar refractivity (Wildman–Crippen MR) is 0 cm³/mol. The summed E-state index contributed by atoms with van der Waals surface area (Å²) in [6.45, 7) is 0. The summed E-state index contributed by atoms with van der Waals surface area (Å²) in [5.74, 6) is 0. The maximum Gasteiger partial charge on any atom is 0 e. The van der Waals surface area contributed by atoms with Gasteiger partial charge in [0.15, 0.2) is 0 Å². The molecule has 0 unspecified atom stereocenters. The maximum atomic E-state index is 0. The van der Waals surface area contributed by atoms with Gasteiger partial charge in [-0.2, -0.15) is 0 Å². The van der Waals surface area contributed by atoms with Gasteiger partial charge in [-0.1, -0.05) is 0 Å².